The fourth-order valence-corrected chi connectivity index (χ4v) is 5.99. The summed E-state index contributed by atoms with van der Waals surface area (Å²) in [4.78, 5) is 50.0. The number of aromatic amines is 1. The van der Waals surface area contributed by atoms with Crippen molar-refractivity contribution < 1.29 is 19.5 Å². The molecule has 0 saturated carbocycles. The minimum absolute atomic E-state index is 0.0316. The number of H-pyrrole nitrogens is 1. The summed E-state index contributed by atoms with van der Waals surface area (Å²) in [5, 5.41) is 20.3. The molecule has 3 amide bonds. The molecule has 1 aliphatic rings. The van der Waals surface area contributed by atoms with Gasteiger partial charge >= 0.3 is 0 Å². The second kappa shape index (κ2) is 15.5. The number of para-hydroxylation sites is 2. The number of aliphatic hydroxyl groups excluding tert-OH is 1. The van der Waals surface area contributed by atoms with Gasteiger partial charge in [-0.15, -0.1) is 0 Å². The summed E-state index contributed by atoms with van der Waals surface area (Å²) in [6.45, 7) is 11.0. The topological polar surface area (TPSA) is 139 Å². The number of nitrogens with one attached hydrogen (secondary N) is 4. The van der Waals surface area contributed by atoms with Crippen LogP contribution < -0.4 is 16.0 Å². The van der Waals surface area contributed by atoms with E-state index in [0.29, 0.717) is 25.2 Å². The standard InChI is InChI=1S/C35H50N6O4/c1-6-23(2)31(34(45)36-21-30-37-27-15-10-11-16-28(27)38-30)39-32(43)25(19-24-13-8-7-9-14-24)20-26(42)22-41-18-12-17-29(41)33(44)40-35(3,4)5/h7-11,13-16,23,25-26,29,31,42H,6,12,17-22H2,1-5H3,(H,36,45)(H,37,38)(H,39,43)(H,40,44)/t23-,25+,26?,29-,31-/m0/s1. The number of β-amino-alcohol motifs (C(OH)–C–C–N with tert-alkyl or cyclic N) is 1. The van der Waals surface area contributed by atoms with E-state index in [1.54, 1.807) is 0 Å². The number of aromatic nitrogens is 2. The molecule has 0 radical (unpaired) electrons. The zero-order valence-corrected chi connectivity index (χ0v) is 27.3. The molecule has 45 heavy (non-hydrogen) atoms. The Bertz CT molecular complexity index is 1390. The molecule has 10 heteroatoms. The van der Waals surface area contributed by atoms with Crippen LogP contribution in [0.5, 0.6) is 0 Å². The minimum Gasteiger partial charge on any atom is -0.392 e. The number of fused-ring (bicyclic) bond motifs is 1. The van der Waals surface area contributed by atoms with E-state index >= 15 is 0 Å². The van der Waals surface area contributed by atoms with Gasteiger partial charge in [0.2, 0.25) is 17.7 Å². The number of nitrogens with zero attached hydrogens (tertiary/aromatic N) is 2. The van der Waals surface area contributed by atoms with Gasteiger partial charge in [0, 0.05) is 18.0 Å². The van der Waals surface area contributed by atoms with Crippen LogP contribution in [0.3, 0.4) is 0 Å². The van der Waals surface area contributed by atoms with Crippen LogP contribution in [0, 0.1) is 11.8 Å². The van der Waals surface area contributed by atoms with E-state index in [1.807, 2.05) is 94.1 Å². The van der Waals surface area contributed by atoms with Crippen LogP contribution in [-0.4, -0.2) is 74.5 Å². The molecule has 2 heterocycles. The Kier molecular flexibility index (Phi) is 11.7. The zero-order valence-electron chi connectivity index (χ0n) is 27.3. The van der Waals surface area contributed by atoms with Crippen LogP contribution in [0.15, 0.2) is 54.6 Å². The number of carbonyl (C=O) groups excluding carboxylic acids is 3. The maximum absolute atomic E-state index is 13.9. The van der Waals surface area contributed by atoms with Crippen LogP contribution >= 0.6 is 0 Å². The lowest BCUT2D eigenvalue weighted by Crippen LogP contribution is -2.53. The summed E-state index contributed by atoms with van der Waals surface area (Å²) in [6.07, 6.45) is 2.12. The fourth-order valence-electron chi connectivity index (χ4n) is 5.99. The van der Waals surface area contributed by atoms with E-state index in [2.05, 4.69) is 25.9 Å². The summed E-state index contributed by atoms with van der Waals surface area (Å²) < 4.78 is 0. The van der Waals surface area contributed by atoms with Crippen molar-refractivity contribution in [3.63, 3.8) is 0 Å². The normalized spacial score (nSPS) is 18.2. The first-order valence-electron chi connectivity index (χ1n) is 16.2. The van der Waals surface area contributed by atoms with Crippen molar-refractivity contribution in [3.8, 4) is 0 Å². The molecular formula is C35H50N6O4. The highest BCUT2D eigenvalue weighted by Crippen LogP contribution is 2.22. The number of hydrogen-bond acceptors (Lipinski definition) is 6. The number of hydrogen-bond donors (Lipinski definition) is 5. The lowest BCUT2D eigenvalue weighted by atomic mass is 9.91. The van der Waals surface area contributed by atoms with Crippen LogP contribution in [0.25, 0.3) is 11.0 Å². The van der Waals surface area contributed by atoms with Gasteiger partial charge in [-0.25, -0.2) is 4.98 Å². The number of likely N-dealkylation sites (tertiary alicyclic amines) is 1. The van der Waals surface area contributed by atoms with Crippen molar-refractivity contribution in [2.24, 2.45) is 11.8 Å². The molecule has 244 valence electrons. The molecule has 4 rings (SSSR count). The number of amides is 3. The summed E-state index contributed by atoms with van der Waals surface area (Å²) >= 11 is 0. The second-order valence-electron chi connectivity index (χ2n) is 13.5. The summed E-state index contributed by atoms with van der Waals surface area (Å²) in [6, 6.07) is 16.3. The molecule has 3 aromatic rings. The first kappa shape index (κ1) is 34.1. The molecule has 5 atom stereocenters. The van der Waals surface area contributed by atoms with E-state index in [-0.39, 0.29) is 48.2 Å². The van der Waals surface area contributed by atoms with E-state index in [9.17, 15) is 19.5 Å². The Hall–Kier alpha value is -3.76. The minimum atomic E-state index is -0.823. The first-order chi connectivity index (χ1) is 21.4. The number of aliphatic hydroxyl groups is 1. The third-order valence-electron chi connectivity index (χ3n) is 8.52. The summed E-state index contributed by atoms with van der Waals surface area (Å²) in [5.74, 6) is -0.622. The van der Waals surface area contributed by atoms with Gasteiger partial charge in [0.15, 0.2) is 0 Å². The largest absolute Gasteiger partial charge is 0.392 e. The number of carbonyl (C=O) groups is 3. The van der Waals surface area contributed by atoms with Crippen molar-refractivity contribution in [1.82, 2.24) is 30.8 Å². The molecular weight excluding hydrogens is 568 g/mol. The van der Waals surface area contributed by atoms with Gasteiger partial charge in [-0.05, 0) is 76.6 Å². The number of rotatable bonds is 14. The predicted molar refractivity (Wildman–Crippen MR) is 176 cm³/mol. The molecule has 10 nitrogen and oxygen atoms in total. The van der Waals surface area contributed by atoms with Gasteiger partial charge in [0.25, 0.3) is 0 Å². The highest BCUT2D eigenvalue weighted by Gasteiger charge is 2.35. The fraction of sp³-hybridized carbons (Fsp3) is 0.543. The van der Waals surface area contributed by atoms with E-state index in [0.717, 1.165) is 36.0 Å². The lowest BCUT2D eigenvalue weighted by Gasteiger charge is -2.31. The predicted octanol–water partition coefficient (Wildman–Crippen LogP) is 3.70. The van der Waals surface area contributed by atoms with Crippen molar-refractivity contribution in [1.29, 1.82) is 0 Å². The van der Waals surface area contributed by atoms with Gasteiger partial charge in [-0.2, -0.15) is 0 Å². The Labute approximate surface area is 266 Å². The average molecular weight is 619 g/mol. The van der Waals surface area contributed by atoms with Crippen molar-refractivity contribution in [2.75, 3.05) is 13.1 Å². The highest BCUT2D eigenvalue weighted by molar-refractivity contribution is 5.89. The Morgan fingerprint density at radius 3 is 2.47 bits per heavy atom. The van der Waals surface area contributed by atoms with Crippen LogP contribution in [0.2, 0.25) is 0 Å². The van der Waals surface area contributed by atoms with Crippen LogP contribution in [-0.2, 0) is 27.3 Å². The van der Waals surface area contributed by atoms with Gasteiger partial charge < -0.3 is 26.0 Å². The second-order valence-corrected chi connectivity index (χ2v) is 13.5. The average Bonchev–Trinajstić information content (AvgIpc) is 3.64. The number of imidazole rings is 1. The molecule has 1 fully saturated rings. The molecule has 0 bridgehead atoms. The molecule has 1 aliphatic heterocycles. The zero-order chi connectivity index (χ0) is 32.6. The van der Waals surface area contributed by atoms with E-state index < -0.39 is 18.1 Å². The van der Waals surface area contributed by atoms with Gasteiger partial charge in [-0.3, -0.25) is 19.3 Å². The highest BCUT2D eigenvalue weighted by atomic mass is 16.3. The van der Waals surface area contributed by atoms with Crippen molar-refractivity contribution in [2.45, 2.75) is 97.0 Å². The maximum atomic E-state index is 13.9. The lowest BCUT2D eigenvalue weighted by molar-refractivity contribution is -0.133. The van der Waals surface area contributed by atoms with Crippen LogP contribution in [0.4, 0.5) is 0 Å². The quantitative estimate of drug-likeness (QED) is 0.187. The molecule has 1 unspecified atom stereocenters. The summed E-state index contributed by atoms with van der Waals surface area (Å²) in [7, 11) is 0. The van der Waals surface area contributed by atoms with Gasteiger partial charge in [0.1, 0.15) is 11.9 Å². The first-order valence-corrected chi connectivity index (χ1v) is 16.2. The maximum Gasteiger partial charge on any atom is 0.243 e. The molecule has 0 spiro atoms. The SMILES string of the molecule is CC[C@H](C)[C@H](NC(=O)[C@H](Cc1ccccc1)CC(O)CN1CCC[C@H]1C(=O)NC(C)(C)C)C(=O)NCc1nc2ccccc2[nH]1. The van der Waals surface area contributed by atoms with Gasteiger partial charge in [0.05, 0.1) is 29.7 Å². The monoisotopic (exact) mass is 618 g/mol. The molecule has 0 aliphatic carbocycles. The molecule has 2 aromatic carbocycles. The van der Waals surface area contributed by atoms with Crippen molar-refractivity contribution in [3.05, 3.63) is 66.0 Å². The Morgan fingerprint density at radius 1 is 1.07 bits per heavy atom. The van der Waals surface area contributed by atoms with Crippen LogP contribution in [0.1, 0.15) is 71.7 Å². The molecule has 1 saturated heterocycles. The van der Waals surface area contributed by atoms with E-state index in [4.69, 9.17) is 0 Å². The third-order valence-corrected chi connectivity index (χ3v) is 8.52. The summed E-state index contributed by atoms with van der Waals surface area (Å²) in [5.41, 5.74) is 2.35. The Morgan fingerprint density at radius 2 is 1.78 bits per heavy atom. The van der Waals surface area contributed by atoms with Crippen molar-refractivity contribution >= 4 is 28.8 Å². The van der Waals surface area contributed by atoms with E-state index in [1.165, 1.54) is 0 Å². The van der Waals surface area contributed by atoms with Gasteiger partial charge in [-0.1, -0.05) is 62.7 Å². The Balaban J connectivity index is 1.43. The number of benzene rings is 2. The molecule has 5 N–H and O–H groups in total. The smallest absolute Gasteiger partial charge is 0.243 e. The molecule has 1 aromatic heterocycles. The third kappa shape index (κ3) is 9.86.